The van der Waals surface area contributed by atoms with Crippen molar-refractivity contribution in [2.24, 2.45) is 4.99 Å². The summed E-state index contributed by atoms with van der Waals surface area (Å²) in [5, 5.41) is 6.35. The zero-order valence-electron chi connectivity index (χ0n) is 15.2. The van der Waals surface area contributed by atoms with Gasteiger partial charge in [0.15, 0.2) is 5.96 Å². The van der Waals surface area contributed by atoms with Crippen molar-refractivity contribution in [3.63, 3.8) is 0 Å². The van der Waals surface area contributed by atoms with E-state index in [4.69, 9.17) is 0 Å². The molecule has 0 spiro atoms. The number of aromatic amines is 1. The van der Waals surface area contributed by atoms with Gasteiger partial charge in [0.1, 0.15) is 15.7 Å². The van der Waals surface area contributed by atoms with Gasteiger partial charge < -0.3 is 15.6 Å². The minimum absolute atomic E-state index is 0. The van der Waals surface area contributed by atoms with E-state index in [0.717, 1.165) is 17.1 Å². The number of nitrogens with one attached hydrogen (secondary N) is 3. The third-order valence-corrected chi connectivity index (χ3v) is 4.64. The molecular formula is C17H26IN5O2S. The summed E-state index contributed by atoms with van der Waals surface area (Å²) in [6.45, 7) is 2.42. The fourth-order valence-corrected chi connectivity index (χ4v) is 3.06. The minimum Gasteiger partial charge on any atom is -0.354 e. The van der Waals surface area contributed by atoms with E-state index in [1.165, 1.54) is 6.26 Å². The Balaban J connectivity index is 0.00000338. The second-order valence-corrected chi connectivity index (χ2v) is 8.26. The lowest BCUT2D eigenvalue weighted by Crippen LogP contribution is -2.42. The molecular weight excluding hydrogens is 465 g/mol. The molecule has 0 saturated heterocycles. The van der Waals surface area contributed by atoms with E-state index in [-0.39, 0.29) is 35.8 Å². The Morgan fingerprint density at radius 2 is 2.00 bits per heavy atom. The number of imidazole rings is 1. The van der Waals surface area contributed by atoms with Crippen LogP contribution >= 0.6 is 24.0 Å². The molecule has 1 unspecified atom stereocenters. The highest BCUT2D eigenvalue weighted by Crippen LogP contribution is 2.15. The number of nitrogens with zero attached hydrogens (tertiary/aromatic N) is 2. The number of hydrogen-bond acceptors (Lipinski definition) is 4. The molecule has 2 aromatic rings. The van der Waals surface area contributed by atoms with Crippen LogP contribution in [0.2, 0.25) is 0 Å². The molecule has 7 nitrogen and oxygen atoms in total. The second-order valence-electron chi connectivity index (χ2n) is 6.00. The predicted octanol–water partition coefficient (Wildman–Crippen LogP) is 2.18. The highest BCUT2D eigenvalue weighted by Gasteiger charge is 2.10. The maximum absolute atomic E-state index is 11.2. The van der Waals surface area contributed by atoms with Gasteiger partial charge in [-0.05, 0) is 18.9 Å². The van der Waals surface area contributed by atoms with Gasteiger partial charge in [-0.25, -0.2) is 13.4 Å². The minimum atomic E-state index is -2.96. The van der Waals surface area contributed by atoms with E-state index in [1.54, 1.807) is 13.2 Å². The molecule has 1 atom stereocenters. The summed E-state index contributed by atoms with van der Waals surface area (Å²) in [7, 11) is -1.28. The van der Waals surface area contributed by atoms with Gasteiger partial charge in [0, 0.05) is 19.3 Å². The van der Waals surface area contributed by atoms with Gasteiger partial charge in [-0.2, -0.15) is 0 Å². The van der Waals surface area contributed by atoms with Crippen molar-refractivity contribution in [3.05, 3.63) is 42.4 Å². The first-order valence-electron chi connectivity index (χ1n) is 8.11. The van der Waals surface area contributed by atoms with E-state index in [2.05, 4.69) is 25.6 Å². The molecule has 0 aliphatic heterocycles. The van der Waals surface area contributed by atoms with Crippen LogP contribution in [-0.4, -0.2) is 49.4 Å². The Labute approximate surface area is 172 Å². The molecule has 1 aromatic heterocycles. The van der Waals surface area contributed by atoms with Gasteiger partial charge in [-0.3, -0.25) is 4.99 Å². The molecule has 9 heteroatoms. The zero-order valence-corrected chi connectivity index (χ0v) is 18.3. The van der Waals surface area contributed by atoms with Crippen molar-refractivity contribution in [2.75, 3.05) is 19.1 Å². The van der Waals surface area contributed by atoms with Crippen LogP contribution in [0.1, 0.15) is 19.2 Å². The van der Waals surface area contributed by atoms with E-state index in [0.29, 0.717) is 18.9 Å². The van der Waals surface area contributed by atoms with Gasteiger partial charge in [0.2, 0.25) is 0 Å². The molecule has 144 valence electrons. The average Bonchev–Trinajstić information content (AvgIpc) is 3.06. The number of aliphatic imine (C=N–C) groups is 1. The molecule has 0 aliphatic carbocycles. The van der Waals surface area contributed by atoms with Crippen molar-refractivity contribution >= 4 is 39.8 Å². The SMILES string of the molecule is CN=C(NCc1ncc(-c2ccccc2)[nH]1)NC(C)CCS(C)(=O)=O.I. The Hall–Kier alpha value is -1.62. The molecule has 2 rings (SSSR count). The highest BCUT2D eigenvalue weighted by molar-refractivity contribution is 14.0. The maximum Gasteiger partial charge on any atom is 0.191 e. The van der Waals surface area contributed by atoms with E-state index in [1.807, 2.05) is 37.3 Å². The number of H-pyrrole nitrogens is 1. The third-order valence-electron chi connectivity index (χ3n) is 3.66. The second kappa shape index (κ2) is 10.5. The Morgan fingerprint density at radius 3 is 2.62 bits per heavy atom. The summed E-state index contributed by atoms with van der Waals surface area (Å²) in [4.78, 5) is 11.8. The lowest BCUT2D eigenvalue weighted by Gasteiger charge is -2.17. The first-order chi connectivity index (χ1) is 11.9. The summed E-state index contributed by atoms with van der Waals surface area (Å²) in [5.41, 5.74) is 2.04. The molecule has 0 bridgehead atoms. The van der Waals surface area contributed by atoms with Crippen LogP contribution < -0.4 is 10.6 Å². The van der Waals surface area contributed by atoms with Gasteiger partial charge in [-0.15, -0.1) is 24.0 Å². The van der Waals surface area contributed by atoms with E-state index < -0.39 is 9.84 Å². The van der Waals surface area contributed by atoms with Crippen molar-refractivity contribution in [2.45, 2.75) is 25.9 Å². The number of aromatic nitrogens is 2. The number of guanidine groups is 1. The van der Waals surface area contributed by atoms with Crippen LogP contribution in [0.5, 0.6) is 0 Å². The normalized spacial score (nSPS) is 13.0. The largest absolute Gasteiger partial charge is 0.354 e. The van der Waals surface area contributed by atoms with Crippen molar-refractivity contribution in [1.82, 2.24) is 20.6 Å². The smallest absolute Gasteiger partial charge is 0.191 e. The number of rotatable bonds is 7. The average molecular weight is 491 g/mol. The molecule has 0 saturated carbocycles. The Bertz CT molecular complexity index is 806. The number of benzene rings is 1. The zero-order chi connectivity index (χ0) is 18.3. The van der Waals surface area contributed by atoms with Gasteiger partial charge >= 0.3 is 0 Å². The molecule has 0 aliphatic rings. The maximum atomic E-state index is 11.2. The lowest BCUT2D eigenvalue weighted by molar-refractivity contribution is 0.581. The quantitative estimate of drug-likeness (QED) is 0.313. The first kappa shape index (κ1) is 22.4. The number of hydrogen-bond donors (Lipinski definition) is 3. The lowest BCUT2D eigenvalue weighted by atomic mass is 10.2. The molecule has 1 aromatic carbocycles. The Kier molecular flexibility index (Phi) is 9.06. The van der Waals surface area contributed by atoms with Crippen LogP contribution in [-0.2, 0) is 16.4 Å². The van der Waals surface area contributed by atoms with E-state index >= 15 is 0 Å². The molecule has 0 fully saturated rings. The number of halogens is 1. The summed E-state index contributed by atoms with van der Waals surface area (Å²) in [6.07, 6.45) is 3.57. The first-order valence-corrected chi connectivity index (χ1v) is 10.2. The van der Waals surface area contributed by atoms with Gasteiger partial charge in [-0.1, -0.05) is 30.3 Å². The van der Waals surface area contributed by atoms with Gasteiger partial charge in [0.25, 0.3) is 0 Å². The standard InChI is InChI=1S/C17H25N5O2S.HI/c1-13(9-10-25(3,23)24)21-17(18-2)20-12-16-19-11-15(22-16)14-7-5-4-6-8-14;/h4-8,11,13H,9-10,12H2,1-3H3,(H,19,22)(H2,18,20,21);1H. The van der Waals surface area contributed by atoms with Crippen molar-refractivity contribution < 1.29 is 8.42 Å². The van der Waals surface area contributed by atoms with Crippen LogP contribution in [0.25, 0.3) is 11.3 Å². The third kappa shape index (κ3) is 7.73. The number of sulfone groups is 1. The molecule has 26 heavy (non-hydrogen) atoms. The van der Waals surface area contributed by atoms with E-state index in [9.17, 15) is 8.42 Å². The molecule has 3 N–H and O–H groups in total. The fraction of sp³-hybridized carbons (Fsp3) is 0.412. The monoisotopic (exact) mass is 491 g/mol. The summed E-state index contributed by atoms with van der Waals surface area (Å²) >= 11 is 0. The Morgan fingerprint density at radius 1 is 1.31 bits per heavy atom. The fourth-order valence-electron chi connectivity index (χ4n) is 2.28. The topological polar surface area (TPSA) is 99.2 Å². The van der Waals surface area contributed by atoms with Crippen molar-refractivity contribution in [1.29, 1.82) is 0 Å². The van der Waals surface area contributed by atoms with Crippen LogP contribution in [0, 0.1) is 0 Å². The molecule has 1 heterocycles. The summed E-state index contributed by atoms with van der Waals surface area (Å²) in [5.74, 6) is 1.56. The summed E-state index contributed by atoms with van der Waals surface area (Å²) in [6, 6.07) is 9.99. The summed E-state index contributed by atoms with van der Waals surface area (Å²) < 4.78 is 22.5. The highest BCUT2D eigenvalue weighted by atomic mass is 127. The van der Waals surface area contributed by atoms with Crippen LogP contribution in [0.4, 0.5) is 0 Å². The molecule has 0 radical (unpaired) electrons. The predicted molar refractivity (Wildman–Crippen MR) is 117 cm³/mol. The molecule has 0 amide bonds. The van der Waals surface area contributed by atoms with Gasteiger partial charge in [0.05, 0.1) is 24.2 Å². The van der Waals surface area contributed by atoms with Crippen LogP contribution in [0.15, 0.2) is 41.5 Å². The van der Waals surface area contributed by atoms with Crippen molar-refractivity contribution in [3.8, 4) is 11.3 Å². The van der Waals surface area contributed by atoms with Crippen LogP contribution in [0.3, 0.4) is 0 Å².